The van der Waals surface area contributed by atoms with Gasteiger partial charge in [0.2, 0.25) is 11.8 Å². The Morgan fingerprint density at radius 2 is 0.805 bits per heavy atom. The van der Waals surface area contributed by atoms with Crippen LogP contribution in [0.15, 0.2) is 60.7 Å². The Bertz CT molecular complexity index is 718. The summed E-state index contributed by atoms with van der Waals surface area (Å²) in [5, 5.41) is 19.9. The number of hydrogen-bond acceptors (Lipinski definition) is 4. The average Bonchev–Trinajstić information content (AvgIpc) is 2.94. The number of carbonyl (C=O) groups is 4. The predicted octanol–water partition coefficient (Wildman–Crippen LogP) is 9.10. The van der Waals surface area contributed by atoms with E-state index in [4.69, 9.17) is 19.8 Å². The molecule has 2 amide bonds. The highest BCUT2D eigenvalue weighted by Gasteiger charge is 1.90. The van der Waals surface area contributed by atoms with E-state index in [0.29, 0.717) is 0 Å². The van der Waals surface area contributed by atoms with Crippen LogP contribution in [0.3, 0.4) is 0 Å². The molecule has 0 radical (unpaired) electrons. The molecule has 41 heavy (non-hydrogen) atoms. The van der Waals surface area contributed by atoms with E-state index in [-0.39, 0.29) is 11.8 Å². The topological polar surface area (TPSA) is 133 Å². The van der Waals surface area contributed by atoms with Gasteiger partial charge in [-0.15, -0.1) is 0 Å². The second kappa shape index (κ2) is 60.7. The summed E-state index contributed by atoms with van der Waals surface area (Å²) in [7, 11) is 1.60. The third kappa shape index (κ3) is 127. The molecule has 4 N–H and O–H groups in total. The number of anilines is 1. The van der Waals surface area contributed by atoms with Crippen LogP contribution in [0.2, 0.25) is 0 Å². The molecule has 242 valence electrons. The van der Waals surface area contributed by atoms with Gasteiger partial charge in [0.1, 0.15) is 0 Å². The van der Waals surface area contributed by atoms with E-state index < -0.39 is 11.9 Å². The van der Waals surface area contributed by atoms with Gasteiger partial charge < -0.3 is 20.8 Å². The van der Waals surface area contributed by atoms with E-state index in [2.05, 4.69) is 43.5 Å². The quantitative estimate of drug-likeness (QED) is 0.264. The van der Waals surface area contributed by atoms with Crippen molar-refractivity contribution in [2.24, 2.45) is 0 Å². The zero-order valence-corrected chi connectivity index (χ0v) is 29.0. The third-order valence-electron chi connectivity index (χ3n) is 2.39. The molecule has 8 nitrogen and oxygen atoms in total. The second-order valence-electron chi connectivity index (χ2n) is 6.25. The number of aryl methyl sites for hydroxylation is 1. The summed E-state index contributed by atoms with van der Waals surface area (Å²) < 4.78 is 0. The van der Waals surface area contributed by atoms with Gasteiger partial charge in [-0.1, -0.05) is 130 Å². The molecule has 2 aromatic rings. The van der Waals surface area contributed by atoms with Crippen molar-refractivity contribution in [3.05, 3.63) is 66.2 Å². The number of para-hydroxylation sites is 1. The first-order chi connectivity index (χ1) is 19.3. The van der Waals surface area contributed by atoms with E-state index in [0.717, 1.165) is 19.5 Å². The lowest BCUT2D eigenvalue weighted by atomic mass is 10.2. The van der Waals surface area contributed by atoms with Gasteiger partial charge in [-0.2, -0.15) is 0 Å². The molecule has 0 unspecified atom stereocenters. The van der Waals surface area contributed by atoms with Crippen LogP contribution >= 0.6 is 0 Å². The molecule has 0 saturated carbocycles. The lowest BCUT2D eigenvalue weighted by Gasteiger charge is -1.98. The predicted molar refractivity (Wildman–Crippen MR) is 180 cm³/mol. The first kappa shape index (κ1) is 57.3. The Kier molecular flexibility index (Phi) is 84.8. The van der Waals surface area contributed by atoms with Gasteiger partial charge in [0.25, 0.3) is 11.9 Å². The van der Waals surface area contributed by atoms with Crippen LogP contribution in [0.25, 0.3) is 0 Å². The van der Waals surface area contributed by atoms with Crippen molar-refractivity contribution in [2.75, 3.05) is 12.4 Å². The summed E-state index contributed by atoms with van der Waals surface area (Å²) in [6.45, 7) is 27.5. The highest BCUT2D eigenvalue weighted by atomic mass is 16.4. The van der Waals surface area contributed by atoms with E-state index in [1.54, 1.807) is 7.05 Å². The minimum atomic E-state index is -0.833. The molecule has 0 aliphatic rings. The summed E-state index contributed by atoms with van der Waals surface area (Å²) in [5.41, 5.74) is 2.16. The number of nitrogens with one attached hydrogen (secondary N) is 2. The van der Waals surface area contributed by atoms with Gasteiger partial charge in [-0.25, -0.2) is 0 Å². The van der Waals surface area contributed by atoms with Crippen LogP contribution in [0.4, 0.5) is 5.69 Å². The molecule has 0 saturated heterocycles. The minimum absolute atomic E-state index is 0.00463. The Hall–Kier alpha value is -3.68. The Balaban J connectivity index is -0.0000000526. The van der Waals surface area contributed by atoms with E-state index in [1.165, 1.54) is 25.8 Å². The Morgan fingerprint density at radius 1 is 0.585 bits per heavy atom. The van der Waals surface area contributed by atoms with Crippen LogP contribution in [0, 0.1) is 6.92 Å². The molecule has 8 heteroatoms. The largest absolute Gasteiger partial charge is 0.481 e. The van der Waals surface area contributed by atoms with Crippen LogP contribution in [-0.2, 0) is 19.2 Å². The van der Waals surface area contributed by atoms with Crippen molar-refractivity contribution in [3.8, 4) is 0 Å². The van der Waals surface area contributed by atoms with Gasteiger partial charge in [-0.05, 0) is 19.1 Å². The highest BCUT2D eigenvalue weighted by molar-refractivity contribution is 5.88. The first-order valence-corrected chi connectivity index (χ1v) is 14.2. The third-order valence-corrected chi connectivity index (χ3v) is 2.39. The van der Waals surface area contributed by atoms with Crippen LogP contribution in [0.1, 0.15) is 109 Å². The maximum atomic E-state index is 10.5. The number of aliphatic carboxylic acids is 2. The lowest BCUT2D eigenvalue weighted by molar-refractivity contribution is -0.135. The molecule has 0 bridgehead atoms. The van der Waals surface area contributed by atoms with Gasteiger partial charge in [0.15, 0.2) is 0 Å². The first-order valence-electron chi connectivity index (χ1n) is 14.2. The zero-order valence-electron chi connectivity index (χ0n) is 29.0. The van der Waals surface area contributed by atoms with Gasteiger partial charge >= 0.3 is 0 Å². The molecule has 2 rings (SSSR count). The summed E-state index contributed by atoms with van der Waals surface area (Å²) >= 11 is 0. The molecule has 0 aromatic heterocycles. The average molecular weight is 585 g/mol. The number of carboxylic acids is 2. The van der Waals surface area contributed by atoms with Crippen molar-refractivity contribution < 1.29 is 29.4 Å². The molecule has 0 heterocycles. The molecule has 0 aliphatic carbocycles. The van der Waals surface area contributed by atoms with Crippen LogP contribution in [0.5, 0.6) is 0 Å². The molecular formula is C33H64N2O6. The molecule has 0 fully saturated rings. The van der Waals surface area contributed by atoms with E-state index in [9.17, 15) is 9.59 Å². The van der Waals surface area contributed by atoms with Crippen molar-refractivity contribution in [2.45, 2.75) is 110 Å². The normalized spacial score (nSPS) is 6.73. The number of hydrogen-bond donors (Lipinski definition) is 4. The summed E-state index contributed by atoms with van der Waals surface area (Å²) in [6, 6.07) is 19.6. The summed E-state index contributed by atoms with van der Waals surface area (Å²) in [6.07, 6.45) is 1.25. The van der Waals surface area contributed by atoms with Gasteiger partial charge in [0, 0.05) is 40.4 Å². The van der Waals surface area contributed by atoms with E-state index >= 15 is 0 Å². The maximum absolute atomic E-state index is 10.5. The fourth-order valence-electron chi connectivity index (χ4n) is 1.26. The van der Waals surface area contributed by atoms with Gasteiger partial charge in [-0.3, -0.25) is 19.2 Å². The van der Waals surface area contributed by atoms with Crippen molar-refractivity contribution in [3.63, 3.8) is 0 Å². The van der Waals surface area contributed by atoms with Crippen LogP contribution in [-0.4, -0.2) is 41.0 Å². The zero-order chi connectivity index (χ0) is 34.7. The van der Waals surface area contributed by atoms with Crippen molar-refractivity contribution in [1.29, 1.82) is 0 Å². The smallest absolute Gasteiger partial charge is 0.300 e. The highest BCUT2D eigenvalue weighted by Crippen LogP contribution is 2.03. The second-order valence-corrected chi connectivity index (χ2v) is 6.25. The fourth-order valence-corrected chi connectivity index (χ4v) is 1.26. The lowest BCUT2D eigenvalue weighted by Crippen LogP contribution is -2.11. The minimum Gasteiger partial charge on any atom is -0.481 e. The molecular weight excluding hydrogens is 520 g/mol. The summed E-state index contributed by atoms with van der Waals surface area (Å²) in [4.78, 5) is 38.2. The number of benzene rings is 2. The Labute approximate surface area is 253 Å². The molecule has 0 spiro atoms. The van der Waals surface area contributed by atoms with Gasteiger partial charge in [0.05, 0.1) is 0 Å². The SMILES string of the molecule is CC.CC.CC.CC.CC(=O)Nc1ccccc1.CC(=O)O.CC(=O)O.CCC.CNC(C)=O.Cc1ccccc1. The molecule has 0 atom stereocenters. The van der Waals surface area contributed by atoms with E-state index in [1.807, 2.05) is 104 Å². The van der Waals surface area contributed by atoms with Crippen molar-refractivity contribution >= 4 is 29.4 Å². The standard InChI is InChI=1S/C8H9NO.C7H8.C3H7NO.C3H8.2C2H4O2.4C2H6/c1-7(10)9-8-5-3-2-4-6-8;1-7-5-3-2-4-6-7;1-3(5)4-2;1-3-2;2*1-2(3)4;4*1-2/h2-6H,1H3,(H,9,10);2-6H,1H3;1-2H3,(H,4,5);3H2,1-2H3;2*1H3,(H,3,4);4*1-2H3. The summed E-state index contributed by atoms with van der Waals surface area (Å²) in [5.74, 6) is -1.70. The maximum Gasteiger partial charge on any atom is 0.300 e. The van der Waals surface area contributed by atoms with Crippen molar-refractivity contribution in [1.82, 2.24) is 5.32 Å². The number of amides is 2. The molecule has 2 aromatic carbocycles. The number of carboxylic acid groups (broad SMARTS) is 2. The Morgan fingerprint density at radius 3 is 0.951 bits per heavy atom. The fraction of sp³-hybridized carbons (Fsp3) is 0.515. The number of rotatable bonds is 1. The molecule has 0 aliphatic heterocycles. The number of carbonyl (C=O) groups excluding carboxylic acids is 2. The monoisotopic (exact) mass is 584 g/mol. The van der Waals surface area contributed by atoms with Crippen LogP contribution < -0.4 is 10.6 Å².